The second-order valence-electron chi connectivity index (χ2n) is 13.4. The summed E-state index contributed by atoms with van der Waals surface area (Å²) in [5.74, 6) is 0. The van der Waals surface area contributed by atoms with Crippen LogP contribution >= 0.6 is 0 Å². The SMILES string of the molecule is c1ccc(-n2c3ccccc3c3cc(-c4cncc5c4Cc4c(-c6ccc7c(c6)c6ccccc6n7-c6ccccc6)cncc4-5)ccc32)cc1. The second-order valence-corrected chi connectivity index (χ2v) is 13.4. The topological polar surface area (TPSA) is 35.6 Å². The zero-order valence-corrected chi connectivity index (χ0v) is 27.7. The van der Waals surface area contributed by atoms with Crippen molar-refractivity contribution in [2.45, 2.75) is 6.42 Å². The van der Waals surface area contributed by atoms with E-state index in [1.807, 2.05) is 24.8 Å². The Morgan fingerprint density at radius 1 is 0.353 bits per heavy atom. The summed E-state index contributed by atoms with van der Waals surface area (Å²) in [6, 6.07) is 52.4. The molecule has 0 saturated carbocycles. The van der Waals surface area contributed by atoms with E-state index in [4.69, 9.17) is 9.97 Å². The van der Waals surface area contributed by atoms with Crippen LogP contribution in [0.2, 0.25) is 0 Å². The molecule has 4 aromatic heterocycles. The molecule has 11 rings (SSSR count). The first kappa shape index (κ1) is 28.1. The minimum absolute atomic E-state index is 0.827. The minimum Gasteiger partial charge on any atom is -0.309 e. The molecular formula is C47H30N4. The summed E-state index contributed by atoms with van der Waals surface area (Å²) in [6.45, 7) is 0. The Hall–Kier alpha value is -6.78. The molecule has 0 radical (unpaired) electrons. The van der Waals surface area contributed by atoms with Gasteiger partial charge >= 0.3 is 0 Å². The van der Waals surface area contributed by atoms with Crippen molar-refractivity contribution in [3.63, 3.8) is 0 Å². The van der Waals surface area contributed by atoms with Crippen LogP contribution in [-0.2, 0) is 6.42 Å². The summed E-state index contributed by atoms with van der Waals surface area (Å²) < 4.78 is 4.73. The Labute approximate surface area is 294 Å². The second kappa shape index (κ2) is 10.9. The third-order valence-electron chi connectivity index (χ3n) is 10.8. The highest BCUT2D eigenvalue weighted by atomic mass is 15.0. The summed E-state index contributed by atoms with van der Waals surface area (Å²) in [4.78, 5) is 9.60. The lowest BCUT2D eigenvalue weighted by Gasteiger charge is -2.10. The summed E-state index contributed by atoms with van der Waals surface area (Å²) in [5.41, 5.74) is 16.8. The average Bonchev–Trinajstić information content (AvgIpc) is 3.86. The van der Waals surface area contributed by atoms with Crippen molar-refractivity contribution in [2.24, 2.45) is 0 Å². The lowest BCUT2D eigenvalue weighted by atomic mass is 9.95. The Bertz CT molecular complexity index is 2780. The number of aromatic nitrogens is 4. The van der Waals surface area contributed by atoms with E-state index in [0.717, 1.165) is 17.8 Å². The summed E-state index contributed by atoms with van der Waals surface area (Å²) in [6.07, 6.45) is 8.95. The molecule has 0 bridgehead atoms. The monoisotopic (exact) mass is 650 g/mol. The molecular weight excluding hydrogens is 621 g/mol. The van der Waals surface area contributed by atoms with Crippen LogP contribution in [0.5, 0.6) is 0 Å². The van der Waals surface area contributed by atoms with Crippen LogP contribution in [0.3, 0.4) is 0 Å². The molecule has 4 heterocycles. The number of hydrogen-bond donors (Lipinski definition) is 0. The maximum absolute atomic E-state index is 4.80. The number of para-hydroxylation sites is 4. The molecule has 0 spiro atoms. The fourth-order valence-electron chi connectivity index (χ4n) is 8.49. The van der Waals surface area contributed by atoms with Gasteiger partial charge in [-0.2, -0.15) is 0 Å². The minimum atomic E-state index is 0.827. The van der Waals surface area contributed by atoms with E-state index in [2.05, 4.69) is 155 Å². The van der Waals surface area contributed by atoms with Gasteiger partial charge in [0, 0.05) is 86.4 Å². The van der Waals surface area contributed by atoms with Gasteiger partial charge in [-0.3, -0.25) is 9.97 Å². The van der Waals surface area contributed by atoms with E-state index in [1.165, 1.54) is 88.1 Å². The van der Waals surface area contributed by atoms with E-state index in [-0.39, 0.29) is 0 Å². The van der Waals surface area contributed by atoms with Gasteiger partial charge in [-0.25, -0.2) is 0 Å². The van der Waals surface area contributed by atoms with E-state index >= 15 is 0 Å². The molecule has 10 aromatic rings. The Morgan fingerprint density at radius 2 is 0.745 bits per heavy atom. The standard InChI is InChI=1S/C47H30N4/c1-3-11-32(12-4-1)50-44-17-9-7-15-34(44)38-23-30(19-21-46(38)50)40-26-48-28-42-36(40)25-37-41(27-49-29-43(37)42)31-20-22-47-39(24-31)35-16-8-10-18-45(35)51(47)33-13-5-2-6-14-33/h1-24,26-29H,25H2. The fourth-order valence-corrected chi connectivity index (χ4v) is 8.49. The number of pyridine rings is 2. The number of hydrogen-bond acceptors (Lipinski definition) is 2. The van der Waals surface area contributed by atoms with Crippen LogP contribution in [0.15, 0.2) is 170 Å². The van der Waals surface area contributed by atoms with Gasteiger partial charge in [0.05, 0.1) is 22.1 Å². The highest BCUT2D eigenvalue weighted by Crippen LogP contribution is 2.46. The molecule has 0 aliphatic heterocycles. The van der Waals surface area contributed by atoms with E-state index in [9.17, 15) is 0 Å². The first-order chi connectivity index (χ1) is 25.3. The Balaban J connectivity index is 1.04. The third-order valence-corrected chi connectivity index (χ3v) is 10.8. The Kier molecular flexibility index (Phi) is 5.98. The van der Waals surface area contributed by atoms with Crippen molar-refractivity contribution in [1.82, 2.24) is 19.1 Å². The summed E-state index contributed by atoms with van der Waals surface area (Å²) in [7, 11) is 0. The molecule has 238 valence electrons. The van der Waals surface area contributed by atoms with Crippen molar-refractivity contribution < 1.29 is 0 Å². The number of rotatable bonds is 4. The highest BCUT2D eigenvalue weighted by Gasteiger charge is 2.26. The van der Waals surface area contributed by atoms with Crippen LogP contribution < -0.4 is 0 Å². The summed E-state index contributed by atoms with van der Waals surface area (Å²) >= 11 is 0. The van der Waals surface area contributed by atoms with Crippen LogP contribution in [0.4, 0.5) is 0 Å². The quantitative estimate of drug-likeness (QED) is 0.190. The number of benzene rings is 6. The summed E-state index contributed by atoms with van der Waals surface area (Å²) in [5, 5.41) is 4.98. The van der Waals surface area contributed by atoms with E-state index < -0.39 is 0 Å². The number of fused-ring (bicyclic) bond motifs is 9. The zero-order chi connectivity index (χ0) is 33.5. The van der Waals surface area contributed by atoms with Gasteiger partial charge in [0.1, 0.15) is 0 Å². The molecule has 51 heavy (non-hydrogen) atoms. The van der Waals surface area contributed by atoms with Crippen LogP contribution in [0.25, 0.3) is 88.4 Å². The lowest BCUT2D eigenvalue weighted by molar-refractivity contribution is 1.18. The molecule has 0 unspecified atom stereocenters. The van der Waals surface area contributed by atoms with Gasteiger partial charge in [-0.15, -0.1) is 0 Å². The molecule has 0 saturated heterocycles. The van der Waals surface area contributed by atoms with Crippen molar-refractivity contribution in [2.75, 3.05) is 0 Å². The van der Waals surface area contributed by atoms with Gasteiger partial charge < -0.3 is 9.13 Å². The smallest absolute Gasteiger partial charge is 0.0541 e. The van der Waals surface area contributed by atoms with Gasteiger partial charge in [-0.1, -0.05) is 84.9 Å². The molecule has 0 N–H and O–H groups in total. The van der Waals surface area contributed by atoms with Gasteiger partial charge in [0.15, 0.2) is 0 Å². The van der Waals surface area contributed by atoms with E-state index in [1.54, 1.807) is 0 Å². The first-order valence-electron chi connectivity index (χ1n) is 17.4. The van der Waals surface area contributed by atoms with Crippen molar-refractivity contribution in [3.8, 4) is 44.8 Å². The molecule has 4 nitrogen and oxygen atoms in total. The normalized spacial score (nSPS) is 12.2. The van der Waals surface area contributed by atoms with Crippen molar-refractivity contribution in [3.05, 3.63) is 182 Å². The van der Waals surface area contributed by atoms with Gasteiger partial charge in [-0.05, 0) is 82.9 Å². The van der Waals surface area contributed by atoms with Crippen LogP contribution in [0.1, 0.15) is 11.1 Å². The maximum Gasteiger partial charge on any atom is 0.0541 e. The fraction of sp³-hybridized carbons (Fsp3) is 0.0213. The highest BCUT2D eigenvalue weighted by molar-refractivity contribution is 6.12. The molecule has 6 aromatic carbocycles. The molecule has 0 atom stereocenters. The number of nitrogens with zero attached hydrogens (tertiary/aromatic N) is 4. The largest absolute Gasteiger partial charge is 0.309 e. The third kappa shape index (κ3) is 4.14. The molecule has 0 amide bonds. The van der Waals surface area contributed by atoms with Gasteiger partial charge in [0.25, 0.3) is 0 Å². The van der Waals surface area contributed by atoms with Gasteiger partial charge in [0.2, 0.25) is 0 Å². The van der Waals surface area contributed by atoms with Crippen molar-refractivity contribution in [1.29, 1.82) is 0 Å². The molecule has 1 aliphatic carbocycles. The van der Waals surface area contributed by atoms with Crippen LogP contribution in [0, 0.1) is 0 Å². The first-order valence-corrected chi connectivity index (χ1v) is 17.4. The zero-order valence-electron chi connectivity index (χ0n) is 27.7. The maximum atomic E-state index is 4.80. The predicted octanol–water partition coefficient (Wildman–Crippen LogP) is 11.6. The van der Waals surface area contributed by atoms with Crippen LogP contribution in [-0.4, -0.2) is 19.1 Å². The predicted molar refractivity (Wildman–Crippen MR) is 210 cm³/mol. The molecule has 0 fully saturated rings. The Morgan fingerprint density at radius 3 is 1.22 bits per heavy atom. The van der Waals surface area contributed by atoms with E-state index in [0.29, 0.717) is 0 Å². The average molecular weight is 651 g/mol. The van der Waals surface area contributed by atoms with Crippen molar-refractivity contribution >= 4 is 43.6 Å². The lowest BCUT2D eigenvalue weighted by Crippen LogP contribution is -1.94. The molecule has 4 heteroatoms. The molecule has 1 aliphatic rings.